The third-order valence-corrected chi connectivity index (χ3v) is 3.46. The molecule has 2 aromatic rings. The van der Waals surface area contributed by atoms with Crippen LogP contribution in [0.3, 0.4) is 0 Å². The molecule has 1 heterocycles. The highest BCUT2D eigenvalue weighted by Gasteiger charge is 2.09. The maximum atomic E-state index is 9.11. The summed E-state index contributed by atoms with van der Waals surface area (Å²) in [7, 11) is 6.08. The van der Waals surface area contributed by atoms with Gasteiger partial charge in [-0.2, -0.15) is 0 Å². The van der Waals surface area contributed by atoms with Crippen molar-refractivity contribution in [3.05, 3.63) is 30.5 Å². The van der Waals surface area contributed by atoms with Gasteiger partial charge in [-0.25, -0.2) is 4.98 Å². The van der Waals surface area contributed by atoms with E-state index >= 15 is 0 Å². The van der Waals surface area contributed by atoms with Crippen molar-refractivity contribution in [2.24, 2.45) is 0 Å². The average Bonchev–Trinajstić information content (AvgIpc) is 2.46. The zero-order chi connectivity index (χ0) is 15.2. The number of aromatic nitrogens is 1. The van der Waals surface area contributed by atoms with Crippen LogP contribution in [0.2, 0.25) is 0 Å². The molecule has 114 valence electrons. The van der Waals surface area contributed by atoms with E-state index in [0.29, 0.717) is 6.54 Å². The van der Waals surface area contributed by atoms with Crippen molar-refractivity contribution in [2.75, 3.05) is 57.6 Å². The molecule has 0 atom stereocenters. The van der Waals surface area contributed by atoms with Crippen LogP contribution in [-0.2, 0) is 0 Å². The topological polar surface area (TPSA) is 51.6 Å². The van der Waals surface area contributed by atoms with E-state index in [-0.39, 0.29) is 6.61 Å². The van der Waals surface area contributed by atoms with Gasteiger partial charge in [0.1, 0.15) is 5.82 Å². The summed E-state index contributed by atoms with van der Waals surface area (Å²) < 4.78 is 0. The number of rotatable bonds is 7. The van der Waals surface area contributed by atoms with Crippen molar-refractivity contribution in [2.45, 2.75) is 0 Å². The molecule has 1 aromatic carbocycles. The number of nitrogens with one attached hydrogen (secondary N) is 1. The lowest BCUT2D eigenvalue weighted by Gasteiger charge is -2.20. The van der Waals surface area contributed by atoms with E-state index in [1.165, 1.54) is 0 Å². The molecule has 2 rings (SSSR count). The summed E-state index contributed by atoms with van der Waals surface area (Å²) in [5.41, 5.74) is 1.12. The summed E-state index contributed by atoms with van der Waals surface area (Å²) in [6.45, 7) is 2.58. The molecular formula is C16H24N4O. The van der Waals surface area contributed by atoms with Crippen LogP contribution < -0.4 is 10.2 Å². The molecule has 1 aromatic heterocycles. The third-order valence-electron chi connectivity index (χ3n) is 3.46. The fraction of sp³-hybridized carbons (Fsp3) is 0.438. The Morgan fingerprint density at radius 1 is 1.10 bits per heavy atom. The van der Waals surface area contributed by atoms with Crippen LogP contribution in [0.5, 0.6) is 0 Å². The van der Waals surface area contributed by atoms with Crippen molar-refractivity contribution in [3.8, 4) is 0 Å². The molecule has 0 aliphatic rings. The summed E-state index contributed by atoms with van der Waals surface area (Å²) in [5, 5.41) is 14.8. The lowest BCUT2D eigenvalue weighted by atomic mass is 10.1. The first-order valence-corrected chi connectivity index (χ1v) is 7.22. The zero-order valence-corrected chi connectivity index (χ0v) is 13.0. The Morgan fingerprint density at radius 3 is 2.62 bits per heavy atom. The molecular weight excluding hydrogens is 264 g/mol. The number of hydrogen-bond acceptors (Lipinski definition) is 5. The first-order chi connectivity index (χ1) is 10.1. The van der Waals surface area contributed by atoms with Gasteiger partial charge < -0.3 is 20.2 Å². The molecule has 0 amide bonds. The van der Waals surface area contributed by atoms with E-state index in [4.69, 9.17) is 5.11 Å². The maximum absolute atomic E-state index is 9.11. The molecule has 0 bridgehead atoms. The molecule has 5 heteroatoms. The number of likely N-dealkylation sites (N-methyl/N-ethyl adjacent to an activating group) is 2. The van der Waals surface area contributed by atoms with Gasteiger partial charge >= 0.3 is 0 Å². The maximum Gasteiger partial charge on any atom is 0.136 e. The Hall–Kier alpha value is -1.85. The Labute approximate surface area is 126 Å². The molecule has 0 aliphatic heterocycles. The molecule has 2 N–H and O–H groups in total. The summed E-state index contributed by atoms with van der Waals surface area (Å²) >= 11 is 0. The highest BCUT2D eigenvalue weighted by Crippen LogP contribution is 2.29. The standard InChI is InChI=1S/C16H24N4O/c1-19(2)10-9-17-15-6-4-5-14-13(15)7-8-18-16(14)20(3)11-12-21/h4-8,17,21H,9-12H2,1-3H3. The first-order valence-electron chi connectivity index (χ1n) is 7.22. The highest BCUT2D eigenvalue weighted by molar-refractivity contribution is 6.00. The van der Waals surface area contributed by atoms with Gasteiger partial charge in [-0.05, 0) is 26.2 Å². The third kappa shape index (κ3) is 3.83. The van der Waals surface area contributed by atoms with Crippen LogP contribution in [0, 0.1) is 0 Å². The van der Waals surface area contributed by atoms with Crippen LogP contribution in [-0.4, -0.2) is 62.4 Å². The van der Waals surface area contributed by atoms with E-state index in [9.17, 15) is 0 Å². The van der Waals surface area contributed by atoms with Gasteiger partial charge in [0.05, 0.1) is 6.61 Å². The number of anilines is 2. The highest BCUT2D eigenvalue weighted by atomic mass is 16.3. The van der Waals surface area contributed by atoms with Crippen molar-refractivity contribution in [1.82, 2.24) is 9.88 Å². The van der Waals surface area contributed by atoms with Crippen LogP contribution in [0.25, 0.3) is 10.8 Å². The Bertz CT molecular complexity index is 585. The molecule has 0 saturated carbocycles. The molecule has 5 nitrogen and oxygen atoms in total. The molecule has 0 aliphatic carbocycles. The second kappa shape index (κ2) is 7.24. The van der Waals surface area contributed by atoms with Gasteiger partial charge in [-0.15, -0.1) is 0 Å². The minimum atomic E-state index is 0.120. The van der Waals surface area contributed by atoms with E-state index in [0.717, 1.165) is 35.4 Å². The van der Waals surface area contributed by atoms with Gasteiger partial charge in [0, 0.05) is 49.3 Å². The Balaban J connectivity index is 2.30. The minimum Gasteiger partial charge on any atom is -0.395 e. The monoisotopic (exact) mass is 288 g/mol. The number of pyridine rings is 1. The van der Waals surface area contributed by atoms with E-state index < -0.39 is 0 Å². The lowest BCUT2D eigenvalue weighted by molar-refractivity contribution is 0.304. The molecule has 0 unspecified atom stereocenters. The van der Waals surface area contributed by atoms with Crippen LogP contribution in [0.1, 0.15) is 0 Å². The number of benzene rings is 1. The normalized spacial score (nSPS) is 11.1. The quantitative estimate of drug-likeness (QED) is 0.811. The minimum absolute atomic E-state index is 0.120. The molecule has 0 spiro atoms. The number of aliphatic hydroxyl groups is 1. The molecule has 0 fully saturated rings. The van der Waals surface area contributed by atoms with Crippen LogP contribution in [0.4, 0.5) is 11.5 Å². The average molecular weight is 288 g/mol. The second-order valence-corrected chi connectivity index (χ2v) is 5.41. The van der Waals surface area contributed by atoms with Crippen molar-refractivity contribution in [1.29, 1.82) is 0 Å². The molecule has 0 saturated heterocycles. The number of fused-ring (bicyclic) bond motifs is 1. The smallest absolute Gasteiger partial charge is 0.136 e. The zero-order valence-electron chi connectivity index (χ0n) is 13.0. The molecule has 21 heavy (non-hydrogen) atoms. The number of hydrogen-bond donors (Lipinski definition) is 2. The second-order valence-electron chi connectivity index (χ2n) is 5.41. The lowest BCUT2D eigenvalue weighted by Crippen LogP contribution is -2.22. The predicted octanol–water partition coefficient (Wildman–Crippen LogP) is 1.64. The predicted molar refractivity (Wildman–Crippen MR) is 89.1 cm³/mol. The molecule has 0 radical (unpaired) electrons. The fourth-order valence-corrected chi connectivity index (χ4v) is 2.32. The fourth-order valence-electron chi connectivity index (χ4n) is 2.32. The van der Waals surface area contributed by atoms with Gasteiger partial charge in [0.15, 0.2) is 0 Å². The van der Waals surface area contributed by atoms with E-state index in [1.54, 1.807) is 0 Å². The summed E-state index contributed by atoms with van der Waals surface area (Å²) in [6.07, 6.45) is 1.82. The van der Waals surface area contributed by atoms with Crippen LogP contribution in [0.15, 0.2) is 30.5 Å². The Morgan fingerprint density at radius 2 is 1.90 bits per heavy atom. The summed E-state index contributed by atoms with van der Waals surface area (Å²) in [4.78, 5) is 8.58. The van der Waals surface area contributed by atoms with Gasteiger partial charge in [-0.1, -0.05) is 12.1 Å². The van der Waals surface area contributed by atoms with Gasteiger partial charge in [-0.3, -0.25) is 0 Å². The van der Waals surface area contributed by atoms with Crippen LogP contribution >= 0.6 is 0 Å². The van der Waals surface area contributed by atoms with E-state index in [2.05, 4.69) is 41.4 Å². The van der Waals surface area contributed by atoms with Crippen molar-refractivity contribution < 1.29 is 5.11 Å². The van der Waals surface area contributed by atoms with Crippen molar-refractivity contribution in [3.63, 3.8) is 0 Å². The van der Waals surface area contributed by atoms with Gasteiger partial charge in [0.25, 0.3) is 0 Å². The largest absolute Gasteiger partial charge is 0.395 e. The van der Waals surface area contributed by atoms with Crippen molar-refractivity contribution >= 4 is 22.3 Å². The SMILES string of the molecule is CN(C)CCNc1cccc2c(N(C)CCO)nccc12. The Kier molecular flexibility index (Phi) is 5.36. The number of nitrogens with zero attached hydrogens (tertiary/aromatic N) is 3. The first kappa shape index (κ1) is 15.5. The number of aliphatic hydroxyl groups excluding tert-OH is 1. The van der Waals surface area contributed by atoms with Gasteiger partial charge in [0.2, 0.25) is 0 Å². The summed E-state index contributed by atoms with van der Waals surface area (Å²) in [5.74, 6) is 0.901. The van der Waals surface area contributed by atoms with E-state index in [1.807, 2.05) is 30.3 Å². The summed E-state index contributed by atoms with van der Waals surface area (Å²) in [6, 6.07) is 8.23.